The Balaban J connectivity index is 2.12. The number of hydrogen-bond donors (Lipinski definition) is 0. The van der Waals surface area contributed by atoms with Crippen LogP contribution in [0.25, 0.3) is 10.4 Å². The lowest BCUT2D eigenvalue weighted by atomic mass is 10.00. The van der Waals surface area contributed by atoms with Crippen molar-refractivity contribution in [1.82, 2.24) is 0 Å². The molecule has 7 heteroatoms. The van der Waals surface area contributed by atoms with Crippen molar-refractivity contribution in [2.24, 2.45) is 5.11 Å². The third-order valence-electron chi connectivity index (χ3n) is 3.36. The van der Waals surface area contributed by atoms with Crippen LogP contribution in [-0.2, 0) is 14.2 Å². The Morgan fingerprint density at radius 1 is 1.43 bits per heavy atom. The van der Waals surface area contributed by atoms with Crippen molar-refractivity contribution < 1.29 is 19.0 Å². The van der Waals surface area contributed by atoms with E-state index in [0.717, 1.165) is 0 Å². The van der Waals surface area contributed by atoms with E-state index in [0.29, 0.717) is 12.0 Å². The monoisotopic (exact) mass is 291 g/mol. The van der Waals surface area contributed by atoms with Crippen LogP contribution in [0, 0.1) is 0 Å². The van der Waals surface area contributed by atoms with Gasteiger partial charge in [0.15, 0.2) is 6.29 Å². The molecule has 0 unspecified atom stereocenters. The lowest BCUT2D eigenvalue weighted by Gasteiger charge is -2.37. The molecule has 2 rings (SSSR count). The van der Waals surface area contributed by atoms with E-state index in [1.54, 1.807) is 31.2 Å². The fourth-order valence-corrected chi connectivity index (χ4v) is 2.29. The molecule has 1 aromatic rings. The molecule has 1 saturated heterocycles. The number of benzene rings is 1. The summed E-state index contributed by atoms with van der Waals surface area (Å²) in [6.07, 6.45) is -1.19. The topological polar surface area (TPSA) is 93.5 Å². The summed E-state index contributed by atoms with van der Waals surface area (Å²) >= 11 is 0. The molecule has 0 N–H and O–H groups in total. The largest absolute Gasteiger partial charge is 0.456 e. The van der Waals surface area contributed by atoms with Gasteiger partial charge in [-0.15, -0.1) is 0 Å². The minimum atomic E-state index is -0.639. The second-order valence-corrected chi connectivity index (χ2v) is 4.75. The molecule has 112 valence electrons. The zero-order chi connectivity index (χ0) is 15.2. The molecule has 0 aromatic heterocycles. The van der Waals surface area contributed by atoms with Crippen molar-refractivity contribution in [1.29, 1.82) is 0 Å². The number of esters is 1. The van der Waals surface area contributed by atoms with Crippen LogP contribution in [0.2, 0.25) is 0 Å². The van der Waals surface area contributed by atoms with Gasteiger partial charge in [-0.3, -0.25) is 0 Å². The van der Waals surface area contributed by atoms with Gasteiger partial charge in [0, 0.05) is 18.4 Å². The SMILES string of the molecule is CO[C@H]1C[C@@H](N=[N+]=[N-])[C@H](OC(=O)c2ccccc2)[C@@H](C)O1. The first kappa shape index (κ1) is 15.3. The molecule has 0 spiro atoms. The Bertz CT molecular complexity index is 530. The van der Waals surface area contributed by atoms with Gasteiger partial charge in [0.25, 0.3) is 0 Å². The smallest absolute Gasteiger partial charge is 0.338 e. The number of carbonyl (C=O) groups excluding carboxylic acids is 1. The fraction of sp³-hybridized carbons (Fsp3) is 0.500. The predicted octanol–water partition coefficient (Wildman–Crippen LogP) is 2.67. The van der Waals surface area contributed by atoms with Gasteiger partial charge in [-0.25, -0.2) is 4.79 Å². The first-order chi connectivity index (χ1) is 10.2. The lowest BCUT2D eigenvalue weighted by molar-refractivity contribution is -0.211. The molecule has 0 bridgehead atoms. The van der Waals surface area contributed by atoms with E-state index >= 15 is 0 Å². The van der Waals surface area contributed by atoms with Crippen LogP contribution in [0.15, 0.2) is 35.4 Å². The molecule has 1 aromatic carbocycles. The maximum atomic E-state index is 12.1. The van der Waals surface area contributed by atoms with Gasteiger partial charge < -0.3 is 14.2 Å². The second kappa shape index (κ2) is 7.08. The van der Waals surface area contributed by atoms with Crippen LogP contribution in [0.5, 0.6) is 0 Å². The molecule has 1 heterocycles. The number of nitrogens with zero attached hydrogens (tertiary/aromatic N) is 3. The van der Waals surface area contributed by atoms with Crippen molar-refractivity contribution in [3.05, 3.63) is 46.3 Å². The van der Waals surface area contributed by atoms with Gasteiger partial charge in [0.05, 0.1) is 17.7 Å². The van der Waals surface area contributed by atoms with E-state index in [9.17, 15) is 4.79 Å². The number of carbonyl (C=O) groups is 1. The highest BCUT2D eigenvalue weighted by Crippen LogP contribution is 2.26. The summed E-state index contributed by atoms with van der Waals surface area (Å²) in [6.45, 7) is 1.76. The highest BCUT2D eigenvalue weighted by atomic mass is 16.7. The van der Waals surface area contributed by atoms with Crippen molar-refractivity contribution >= 4 is 5.97 Å². The molecular formula is C14H17N3O4. The van der Waals surface area contributed by atoms with Gasteiger partial charge in [-0.2, -0.15) is 0 Å². The minimum Gasteiger partial charge on any atom is -0.456 e. The second-order valence-electron chi connectivity index (χ2n) is 4.75. The van der Waals surface area contributed by atoms with Gasteiger partial charge in [-0.1, -0.05) is 23.3 Å². The molecule has 0 aliphatic carbocycles. The number of hydrogen-bond acceptors (Lipinski definition) is 5. The van der Waals surface area contributed by atoms with Crippen molar-refractivity contribution in [3.8, 4) is 0 Å². The Labute approximate surface area is 122 Å². The number of azide groups is 1. The summed E-state index contributed by atoms with van der Waals surface area (Å²) in [7, 11) is 1.51. The van der Waals surface area contributed by atoms with E-state index in [2.05, 4.69) is 10.0 Å². The first-order valence-electron chi connectivity index (χ1n) is 6.64. The van der Waals surface area contributed by atoms with E-state index in [-0.39, 0.29) is 0 Å². The molecule has 1 fully saturated rings. The standard InChI is InChI=1S/C14H17N3O4/c1-9-13(11(16-17-15)8-12(19-2)20-9)21-14(18)10-6-4-3-5-7-10/h3-7,9,11-13H,8H2,1-2H3/t9-,11-,12-,13-/m1/s1. The molecule has 1 aliphatic rings. The summed E-state index contributed by atoms with van der Waals surface area (Å²) in [4.78, 5) is 14.9. The molecule has 0 amide bonds. The molecule has 1 aliphatic heterocycles. The summed E-state index contributed by atoms with van der Waals surface area (Å²) in [5.74, 6) is -0.468. The van der Waals surface area contributed by atoms with Crippen molar-refractivity contribution in [2.45, 2.75) is 37.9 Å². The van der Waals surface area contributed by atoms with Crippen molar-refractivity contribution in [3.63, 3.8) is 0 Å². The average Bonchev–Trinajstić information content (AvgIpc) is 2.51. The van der Waals surface area contributed by atoms with E-state index in [4.69, 9.17) is 19.7 Å². The lowest BCUT2D eigenvalue weighted by Crippen LogP contribution is -2.48. The molecule has 0 radical (unpaired) electrons. The quantitative estimate of drug-likeness (QED) is 0.369. The third-order valence-corrected chi connectivity index (χ3v) is 3.36. The van der Waals surface area contributed by atoms with Crippen LogP contribution in [0.3, 0.4) is 0 Å². The molecule has 7 nitrogen and oxygen atoms in total. The number of methoxy groups -OCH3 is 1. The highest BCUT2D eigenvalue weighted by Gasteiger charge is 2.39. The van der Waals surface area contributed by atoms with Gasteiger partial charge >= 0.3 is 5.97 Å². The first-order valence-corrected chi connectivity index (χ1v) is 6.64. The van der Waals surface area contributed by atoms with Gasteiger partial charge in [0.1, 0.15) is 6.10 Å². The van der Waals surface area contributed by atoms with Crippen LogP contribution in [-0.4, -0.2) is 37.6 Å². The Morgan fingerprint density at radius 2 is 2.14 bits per heavy atom. The normalized spacial score (nSPS) is 28.5. The highest BCUT2D eigenvalue weighted by molar-refractivity contribution is 5.89. The number of rotatable bonds is 4. The van der Waals surface area contributed by atoms with E-state index in [1.807, 2.05) is 6.07 Å². The van der Waals surface area contributed by atoms with Crippen LogP contribution in [0.1, 0.15) is 23.7 Å². The maximum absolute atomic E-state index is 12.1. The average molecular weight is 291 g/mol. The molecule has 4 atom stereocenters. The Kier molecular flexibility index (Phi) is 5.16. The maximum Gasteiger partial charge on any atom is 0.338 e. The van der Waals surface area contributed by atoms with Crippen LogP contribution >= 0.6 is 0 Å². The molecular weight excluding hydrogens is 274 g/mol. The van der Waals surface area contributed by atoms with Gasteiger partial charge in [-0.05, 0) is 24.6 Å². The zero-order valence-corrected chi connectivity index (χ0v) is 11.9. The fourth-order valence-electron chi connectivity index (χ4n) is 2.29. The van der Waals surface area contributed by atoms with Crippen molar-refractivity contribution in [2.75, 3.05) is 7.11 Å². The Morgan fingerprint density at radius 3 is 2.76 bits per heavy atom. The molecule has 0 saturated carbocycles. The predicted molar refractivity (Wildman–Crippen MR) is 74.5 cm³/mol. The summed E-state index contributed by atoms with van der Waals surface area (Å²) in [5.41, 5.74) is 9.11. The number of ether oxygens (including phenoxy) is 3. The summed E-state index contributed by atoms with van der Waals surface area (Å²) < 4.78 is 16.2. The van der Waals surface area contributed by atoms with Gasteiger partial charge in [0.2, 0.25) is 0 Å². The van der Waals surface area contributed by atoms with Crippen LogP contribution < -0.4 is 0 Å². The zero-order valence-electron chi connectivity index (χ0n) is 11.9. The van der Waals surface area contributed by atoms with Crippen LogP contribution in [0.4, 0.5) is 0 Å². The van der Waals surface area contributed by atoms with E-state index in [1.165, 1.54) is 7.11 Å². The third kappa shape index (κ3) is 3.72. The minimum absolute atomic E-state index is 0.345. The van der Waals surface area contributed by atoms with E-state index < -0.39 is 30.5 Å². The summed E-state index contributed by atoms with van der Waals surface area (Å²) in [5, 5.41) is 3.70. The Hall–Kier alpha value is -2.08. The summed E-state index contributed by atoms with van der Waals surface area (Å²) in [6, 6.07) is 8.13. The molecule has 21 heavy (non-hydrogen) atoms.